The van der Waals surface area contributed by atoms with E-state index in [0.717, 1.165) is 36.4 Å². The average Bonchev–Trinajstić information content (AvgIpc) is 2.89. The second-order valence-electron chi connectivity index (χ2n) is 5.86. The Bertz CT molecular complexity index is 548. The van der Waals surface area contributed by atoms with Crippen LogP contribution in [0.25, 0.3) is 0 Å². The Morgan fingerprint density at radius 2 is 2.10 bits per heavy atom. The number of amides is 1. The molecule has 2 atom stereocenters. The normalized spacial score (nSPS) is 27.2. The van der Waals surface area contributed by atoms with Crippen LogP contribution >= 0.6 is 11.3 Å². The Balaban J connectivity index is 1.75. The van der Waals surface area contributed by atoms with Crippen molar-refractivity contribution in [2.75, 3.05) is 0 Å². The van der Waals surface area contributed by atoms with E-state index >= 15 is 0 Å². The number of nitrogens with one attached hydrogen (secondary N) is 1. The van der Waals surface area contributed by atoms with Crippen LogP contribution in [0.4, 0.5) is 0 Å². The first-order chi connectivity index (χ1) is 9.52. The van der Waals surface area contributed by atoms with Crippen molar-refractivity contribution in [2.45, 2.75) is 44.6 Å². The fourth-order valence-corrected chi connectivity index (χ4v) is 4.04. The number of aromatic nitrogens is 1. The fourth-order valence-electron chi connectivity index (χ4n) is 3.03. The molecule has 2 aliphatic carbocycles. The zero-order chi connectivity index (χ0) is 14.3. The van der Waals surface area contributed by atoms with Gasteiger partial charge in [-0.25, -0.2) is 4.98 Å². The standard InChI is InChI=1S/C14H18N2O3S/c1-8-7-20-13(15-8)14(4-2-3-5-14)16-11(17)9-6-10(9)12(18)19/h7,9-10H,2-6H2,1H3,(H,16,17)(H,18,19)/t9-,10-/m0/s1. The molecule has 5 nitrogen and oxygen atoms in total. The van der Waals surface area contributed by atoms with Crippen LogP contribution in [-0.4, -0.2) is 22.0 Å². The summed E-state index contributed by atoms with van der Waals surface area (Å²) in [7, 11) is 0. The lowest BCUT2D eigenvalue weighted by molar-refractivity contribution is -0.140. The highest BCUT2D eigenvalue weighted by Crippen LogP contribution is 2.43. The molecule has 0 spiro atoms. The number of rotatable bonds is 4. The van der Waals surface area contributed by atoms with Gasteiger partial charge in [-0.3, -0.25) is 9.59 Å². The molecule has 108 valence electrons. The highest BCUT2D eigenvalue weighted by Gasteiger charge is 2.51. The predicted molar refractivity (Wildman–Crippen MR) is 74.4 cm³/mol. The maximum Gasteiger partial charge on any atom is 0.307 e. The number of nitrogens with zero attached hydrogens (tertiary/aromatic N) is 1. The van der Waals surface area contributed by atoms with E-state index in [9.17, 15) is 9.59 Å². The summed E-state index contributed by atoms with van der Waals surface area (Å²) >= 11 is 1.58. The number of carbonyl (C=O) groups excluding carboxylic acids is 1. The molecule has 0 unspecified atom stereocenters. The van der Waals surface area contributed by atoms with Crippen molar-refractivity contribution in [3.8, 4) is 0 Å². The molecule has 2 aliphatic rings. The van der Waals surface area contributed by atoms with Gasteiger partial charge in [-0.1, -0.05) is 12.8 Å². The second-order valence-corrected chi connectivity index (χ2v) is 6.72. The molecule has 20 heavy (non-hydrogen) atoms. The predicted octanol–water partition coefficient (Wildman–Crippen LogP) is 2.06. The molecule has 2 fully saturated rings. The number of carboxylic acids is 1. The van der Waals surface area contributed by atoms with Crippen LogP contribution in [0.2, 0.25) is 0 Å². The van der Waals surface area contributed by atoms with Gasteiger partial charge in [0.15, 0.2) is 0 Å². The second kappa shape index (κ2) is 4.84. The van der Waals surface area contributed by atoms with E-state index in [1.165, 1.54) is 0 Å². The molecular formula is C14H18N2O3S. The molecule has 0 bridgehead atoms. The fraction of sp³-hybridized carbons (Fsp3) is 0.643. The molecule has 1 amide bonds. The first-order valence-corrected chi connectivity index (χ1v) is 7.87. The van der Waals surface area contributed by atoms with Crippen molar-refractivity contribution >= 4 is 23.2 Å². The molecule has 3 rings (SSSR count). The molecule has 2 N–H and O–H groups in total. The van der Waals surface area contributed by atoms with E-state index in [0.29, 0.717) is 6.42 Å². The topological polar surface area (TPSA) is 79.3 Å². The molecule has 0 aliphatic heterocycles. The van der Waals surface area contributed by atoms with Crippen molar-refractivity contribution in [1.82, 2.24) is 10.3 Å². The molecule has 6 heteroatoms. The van der Waals surface area contributed by atoms with E-state index in [1.807, 2.05) is 12.3 Å². The molecule has 1 aromatic rings. The van der Waals surface area contributed by atoms with Gasteiger partial charge in [-0.15, -0.1) is 11.3 Å². The first kappa shape index (κ1) is 13.5. The Morgan fingerprint density at radius 3 is 2.60 bits per heavy atom. The zero-order valence-electron chi connectivity index (χ0n) is 11.4. The minimum absolute atomic E-state index is 0.118. The molecule has 2 saturated carbocycles. The van der Waals surface area contributed by atoms with Gasteiger partial charge >= 0.3 is 5.97 Å². The Hall–Kier alpha value is -1.43. The van der Waals surface area contributed by atoms with E-state index in [1.54, 1.807) is 11.3 Å². The number of carboxylic acid groups (broad SMARTS) is 1. The summed E-state index contributed by atoms with van der Waals surface area (Å²) in [4.78, 5) is 27.7. The largest absolute Gasteiger partial charge is 0.481 e. The van der Waals surface area contributed by atoms with Gasteiger partial charge in [-0.05, 0) is 26.2 Å². The summed E-state index contributed by atoms with van der Waals surface area (Å²) in [5.41, 5.74) is 0.613. The van der Waals surface area contributed by atoms with Crippen molar-refractivity contribution in [1.29, 1.82) is 0 Å². The Kier molecular flexibility index (Phi) is 3.28. The van der Waals surface area contributed by atoms with Gasteiger partial charge in [0.2, 0.25) is 5.91 Å². The third kappa shape index (κ3) is 2.32. The van der Waals surface area contributed by atoms with E-state index in [2.05, 4.69) is 10.3 Å². The third-order valence-electron chi connectivity index (χ3n) is 4.29. The summed E-state index contributed by atoms with van der Waals surface area (Å²) in [6.45, 7) is 1.95. The van der Waals surface area contributed by atoms with Crippen LogP contribution in [0.15, 0.2) is 5.38 Å². The van der Waals surface area contributed by atoms with Crippen LogP contribution in [0.3, 0.4) is 0 Å². The lowest BCUT2D eigenvalue weighted by atomic mass is 9.98. The summed E-state index contributed by atoms with van der Waals surface area (Å²) in [5, 5.41) is 15.0. The quantitative estimate of drug-likeness (QED) is 0.891. The summed E-state index contributed by atoms with van der Waals surface area (Å²) < 4.78 is 0. The minimum Gasteiger partial charge on any atom is -0.481 e. The average molecular weight is 294 g/mol. The Morgan fingerprint density at radius 1 is 1.40 bits per heavy atom. The summed E-state index contributed by atoms with van der Waals surface area (Å²) in [5.74, 6) is -1.83. The highest BCUT2D eigenvalue weighted by atomic mass is 32.1. The van der Waals surface area contributed by atoms with Crippen molar-refractivity contribution in [3.63, 3.8) is 0 Å². The lowest BCUT2D eigenvalue weighted by Gasteiger charge is -2.28. The minimum atomic E-state index is -0.865. The van der Waals surface area contributed by atoms with Crippen molar-refractivity contribution < 1.29 is 14.7 Å². The number of thiazole rings is 1. The summed E-state index contributed by atoms with van der Waals surface area (Å²) in [6.07, 6.45) is 4.41. The van der Waals surface area contributed by atoms with Crippen LogP contribution in [0, 0.1) is 18.8 Å². The number of hydrogen-bond acceptors (Lipinski definition) is 4. The van der Waals surface area contributed by atoms with Crippen LogP contribution in [0.1, 0.15) is 42.8 Å². The van der Waals surface area contributed by atoms with Crippen molar-refractivity contribution in [3.05, 3.63) is 16.1 Å². The van der Waals surface area contributed by atoms with Gasteiger partial charge < -0.3 is 10.4 Å². The van der Waals surface area contributed by atoms with Crippen LogP contribution < -0.4 is 5.32 Å². The Labute approximate surface area is 121 Å². The molecule has 0 saturated heterocycles. The highest BCUT2D eigenvalue weighted by molar-refractivity contribution is 7.09. The zero-order valence-corrected chi connectivity index (χ0v) is 12.2. The number of hydrogen-bond donors (Lipinski definition) is 2. The van der Waals surface area contributed by atoms with Crippen LogP contribution in [-0.2, 0) is 15.1 Å². The smallest absolute Gasteiger partial charge is 0.307 e. The van der Waals surface area contributed by atoms with Crippen LogP contribution in [0.5, 0.6) is 0 Å². The molecular weight excluding hydrogens is 276 g/mol. The molecule has 1 heterocycles. The SMILES string of the molecule is Cc1csc(C2(NC(=O)[C@H]3C[C@@H]3C(=O)O)CCCC2)n1. The van der Waals surface area contributed by atoms with E-state index in [-0.39, 0.29) is 17.4 Å². The first-order valence-electron chi connectivity index (χ1n) is 6.99. The molecule has 1 aromatic heterocycles. The number of carbonyl (C=O) groups is 2. The molecule has 0 radical (unpaired) electrons. The maximum atomic E-state index is 12.3. The summed E-state index contributed by atoms with van der Waals surface area (Å²) in [6, 6.07) is 0. The maximum absolute atomic E-state index is 12.3. The molecule has 0 aromatic carbocycles. The lowest BCUT2D eigenvalue weighted by Crippen LogP contribution is -2.44. The monoisotopic (exact) mass is 294 g/mol. The number of aryl methyl sites for hydroxylation is 1. The van der Waals surface area contributed by atoms with Crippen molar-refractivity contribution in [2.24, 2.45) is 11.8 Å². The van der Waals surface area contributed by atoms with E-state index in [4.69, 9.17) is 5.11 Å². The van der Waals surface area contributed by atoms with Gasteiger partial charge in [0.05, 0.1) is 17.4 Å². The third-order valence-corrected chi connectivity index (χ3v) is 5.46. The van der Waals surface area contributed by atoms with Gasteiger partial charge in [-0.2, -0.15) is 0 Å². The van der Waals surface area contributed by atoms with Gasteiger partial charge in [0.1, 0.15) is 5.01 Å². The number of aliphatic carboxylic acids is 1. The van der Waals surface area contributed by atoms with E-state index < -0.39 is 11.9 Å². The van der Waals surface area contributed by atoms with Gasteiger partial charge in [0, 0.05) is 11.1 Å². The van der Waals surface area contributed by atoms with Gasteiger partial charge in [0.25, 0.3) is 0 Å².